The van der Waals surface area contributed by atoms with Crippen LogP contribution in [-0.4, -0.2) is 63.8 Å². The molecule has 2 amide bonds. The zero-order valence-electron chi connectivity index (χ0n) is 22.7. The molecular formula is C29H28F2N6O4. The van der Waals surface area contributed by atoms with E-state index in [9.17, 15) is 19.2 Å². The van der Waals surface area contributed by atoms with E-state index in [1.54, 1.807) is 37.9 Å². The van der Waals surface area contributed by atoms with E-state index in [2.05, 4.69) is 21.5 Å². The lowest BCUT2D eigenvalue weighted by atomic mass is 9.85. The monoisotopic (exact) mass is 562 g/mol. The Bertz CT molecular complexity index is 1550. The summed E-state index contributed by atoms with van der Waals surface area (Å²) in [4.78, 5) is 28.0. The van der Waals surface area contributed by atoms with Crippen molar-refractivity contribution in [1.29, 1.82) is 5.26 Å². The number of nitrogens with one attached hydrogen (secondary N) is 1. The number of fused-ring (bicyclic) bond motifs is 1. The van der Waals surface area contributed by atoms with Crippen LogP contribution in [0.15, 0.2) is 42.6 Å². The summed E-state index contributed by atoms with van der Waals surface area (Å²) in [5.74, 6) is -1.61. The number of likely N-dealkylation sites (tertiary alicyclic amines) is 1. The van der Waals surface area contributed by atoms with Gasteiger partial charge < -0.3 is 14.4 Å². The Morgan fingerprint density at radius 2 is 1.93 bits per heavy atom. The topological polar surface area (TPSA) is 124 Å². The molecule has 1 aromatic heterocycles. The summed E-state index contributed by atoms with van der Waals surface area (Å²) in [5, 5.41) is 20.6. The highest BCUT2D eigenvalue weighted by molar-refractivity contribution is 5.90. The van der Waals surface area contributed by atoms with Gasteiger partial charge in [0.1, 0.15) is 23.3 Å². The number of piperidine rings is 1. The lowest BCUT2D eigenvalue weighted by Gasteiger charge is -2.28. The van der Waals surface area contributed by atoms with Gasteiger partial charge in [-0.2, -0.15) is 20.7 Å². The zero-order valence-corrected chi connectivity index (χ0v) is 22.7. The minimum atomic E-state index is -0.986. The molecule has 2 aromatic carbocycles. The highest BCUT2D eigenvalue weighted by Crippen LogP contribution is 2.64. The third-order valence-corrected chi connectivity index (χ3v) is 7.97. The molecule has 2 aliphatic heterocycles. The van der Waals surface area contributed by atoms with Crippen LogP contribution >= 0.6 is 0 Å². The average molecular weight is 563 g/mol. The maximum Gasteiger partial charge on any atom is 0.414 e. The van der Waals surface area contributed by atoms with Gasteiger partial charge >= 0.3 is 12.2 Å². The predicted molar refractivity (Wildman–Crippen MR) is 142 cm³/mol. The van der Waals surface area contributed by atoms with E-state index in [0.717, 1.165) is 0 Å². The van der Waals surface area contributed by atoms with Gasteiger partial charge in [-0.05, 0) is 62.2 Å². The van der Waals surface area contributed by atoms with Crippen molar-refractivity contribution in [3.05, 3.63) is 65.5 Å². The van der Waals surface area contributed by atoms with E-state index in [1.165, 1.54) is 35.2 Å². The van der Waals surface area contributed by atoms with Crippen molar-refractivity contribution in [2.24, 2.45) is 11.8 Å². The van der Waals surface area contributed by atoms with Gasteiger partial charge in [0.2, 0.25) is 0 Å². The molecule has 4 atom stereocenters. The van der Waals surface area contributed by atoms with Gasteiger partial charge in [0.05, 0.1) is 35.6 Å². The molecule has 6 rings (SSSR count). The predicted octanol–water partition coefficient (Wildman–Crippen LogP) is 4.58. The van der Waals surface area contributed by atoms with Gasteiger partial charge in [-0.1, -0.05) is 6.07 Å². The molecule has 0 radical (unpaired) electrons. The second-order valence-corrected chi connectivity index (χ2v) is 11.7. The van der Waals surface area contributed by atoms with Gasteiger partial charge in [0, 0.05) is 36.9 Å². The smallest absolute Gasteiger partial charge is 0.414 e. The molecule has 3 fully saturated rings. The van der Waals surface area contributed by atoms with Gasteiger partial charge in [0.25, 0.3) is 0 Å². The van der Waals surface area contributed by atoms with Crippen LogP contribution in [0, 0.1) is 34.8 Å². The largest absolute Gasteiger partial charge is 0.444 e. The molecule has 3 aromatic rings. The fraction of sp³-hybridized carbons (Fsp3) is 0.414. The number of anilines is 1. The number of carbonyl (C=O) groups is 2. The number of nitrogens with zero attached hydrogens (tertiary/aromatic N) is 5. The molecule has 1 aliphatic carbocycles. The third-order valence-electron chi connectivity index (χ3n) is 7.97. The lowest BCUT2D eigenvalue weighted by molar-refractivity contribution is 0.0266. The number of carbonyl (C=O) groups excluding carboxylic acids is 2. The van der Waals surface area contributed by atoms with Crippen molar-refractivity contribution < 1.29 is 27.8 Å². The Hall–Kier alpha value is -4.53. The summed E-state index contributed by atoms with van der Waals surface area (Å²) in [7, 11) is 0. The quantitative estimate of drug-likeness (QED) is 0.483. The molecule has 41 heavy (non-hydrogen) atoms. The summed E-state index contributed by atoms with van der Waals surface area (Å²) in [6.45, 7) is 6.20. The Morgan fingerprint density at radius 1 is 1.17 bits per heavy atom. The minimum Gasteiger partial charge on any atom is -0.444 e. The Kier molecular flexibility index (Phi) is 6.21. The molecule has 3 aliphatic rings. The van der Waals surface area contributed by atoms with E-state index in [0.29, 0.717) is 36.5 Å². The molecule has 3 heterocycles. The summed E-state index contributed by atoms with van der Waals surface area (Å²) < 4.78 is 41.1. The van der Waals surface area contributed by atoms with E-state index >= 15 is 4.39 Å². The molecule has 0 spiro atoms. The average Bonchev–Trinajstić information content (AvgIpc) is 3.41. The van der Waals surface area contributed by atoms with Gasteiger partial charge in [-0.15, -0.1) is 0 Å². The van der Waals surface area contributed by atoms with Gasteiger partial charge in [-0.25, -0.2) is 18.4 Å². The van der Waals surface area contributed by atoms with Crippen molar-refractivity contribution in [1.82, 2.24) is 20.3 Å². The molecule has 2 unspecified atom stereocenters. The van der Waals surface area contributed by atoms with E-state index < -0.39 is 40.9 Å². The van der Waals surface area contributed by atoms with Crippen molar-refractivity contribution >= 4 is 17.9 Å². The normalized spacial score (nSPS) is 25.1. The standard InChI is InChI=1S/C29H28F2N6O4/c1-28(2,3)41-26(38)36-13-23-24(14-36)29(23,15-32)22-7-4-16(30)8-21(22)20-6-5-18(10-25(20)31)37-12-19(40-27(37)39)9-17-11-33-35-34-17/h4-8,10-11,19,23-24H,9,12-14H2,1-3H3,(H,33,34,35)/t19-,23+,24?,29?/m1/s1. The second-order valence-electron chi connectivity index (χ2n) is 11.7. The van der Waals surface area contributed by atoms with Crippen LogP contribution in [0.4, 0.5) is 24.1 Å². The number of benzene rings is 2. The molecule has 1 N–H and O–H groups in total. The van der Waals surface area contributed by atoms with Crippen molar-refractivity contribution in [3.8, 4) is 17.2 Å². The number of hydrogen-bond acceptors (Lipinski definition) is 7. The number of aromatic amines is 1. The number of cyclic esters (lactones) is 1. The summed E-state index contributed by atoms with van der Waals surface area (Å²) in [6, 6.07) is 10.7. The first kappa shape index (κ1) is 26.7. The number of hydrogen-bond donors (Lipinski definition) is 1. The molecule has 0 bridgehead atoms. The van der Waals surface area contributed by atoms with Crippen LogP contribution in [0.1, 0.15) is 32.0 Å². The molecule has 12 heteroatoms. The Morgan fingerprint density at radius 3 is 2.56 bits per heavy atom. The first-order valence-corrected chi connectivity index (χ1v) is 13.3. The van der Waals surface area contributed by atoms with Crippen LogP contribution < -0.4 is 4.90 Å². The Labute approximate surface area is 234 Å². The summed E-state index contributed by atoms with van der Waals surface area (Å²) >= 11 is 0. The summed E-state index contributed by atoms with van der Waals surface area (Å²) in [6.07, 6.45) is 0.367. The van der Waals surface area contributed by atoms with E-state index in [4.69, 9.17) is 9.47 Å². The zero-order chi connectivity index (χ0) is 29.1. The number of ether oxygens (including phenoxy) is 2. The van der Waals surface area contributed by atoms with Crippen LogP contribution in [-0.2, 0) is 21.3 Å². The third kappa shape index (κ3) is 4.65. The van der Waals surface area contributed by atoms with Gasteiger partial charge in [0.15, 0.2) is 0 Å². The molecule has 212 valence electrons. The SMILES string of the molecule is CC(C)(C)OC(=O)N1CC2[C@H](C1)C2(C#N)c1ccc(F)cc1-c1ccc(N2C[C@@H](Cc3cn[nH]n3)OC2=O)cc1F. The maximum absolute atomic E-state index is 15.7. The van der Waals surface area contributed by atoms with Crippen molar-refractivity contribution in [2.45, 2.75) is 44.3 Å². The summed E-state index contributed by atoms with van der Waals surface area (Å²) in [5.41, 5.74) is 0.187. The van der Waals surface area contributed by atoms with Crippen molar-refractivity contribution in [3.63, 3.8) is 0 Å². The number of aromatic nitrogens is 3. The number of H-pyrrole nitrogens is 1. The molecule has 10 nitrogen and oxygen atoms in total. The van der Waals surface area contributed by atoms with Gasteiger partial charge in [-0.3, -0.25) is 4.90 Å². The van der Waals surface area contributed by atoms with Crippen LogP contribution in [0.25, 0.3) is 11.1 Å². The van der Waals surface area contributed by atoms with Crippen molar-refractivity contribution in [2.75, 3.05) is 24.5 Å². The molecule has 2 saturated heterocycles. The second kappa shape index (κ2) is 9.54. The highest BCUT2D eigenvalue weighted by atomic mass is 19.1. The van der Waals surface area contributed by atoms with E-state index in [-0.39, 0.29) is 29.5 Å². The maximum atomic E-state index is 15.7. The van der Waals surface area contributed by atoms with Crippen LogP contribution in [0.5, 0.6) is 0 Å². The highest BCUT2D eigenvalue weighted by Gasteiger charge is 2.71. The molecule has 1 saturated carbocycles. The Balaban J connectivity index is 1.25. The molecular weight excluding hydrogens is 534 g/mol. The number of rotatable bonds is 5. The number of amides is 2. The number of nitriles is 1. The first-order valence-electron chi connectivity index (χ1n) is 13.3. The minimum absolute atomic E-state index is 0.110. The first-order chi connectivity index (χ1) is 19.5. The van der Waals surface area contributed by atoms with E-state index in [1.807, 2.05) is 0 Å². The van der Waals surface area contributed by atoms with Crippen LogP contribution in [0.2, 0.25) is 0 Å². The fourth-order valence-corrected chi connectivity index (χ4v) is 6.12. The lowest BCUT2D eigenvalue weighted by Crippen LogP contribution is -2.39. The van der Waals surface area contributed by atoms with Crippen LogP contribution in [0.3, 0.4) is 0 Å². The fourth-order valence-electron chi connectivity index (χ4n) is 6.12. The number of halogens is 2.